The van der Waals surface area contributed by atoms with E-state index >= 15 is 4.39 Å². The largest absolute Gasteiger partial charge is 0.480 e. The molecule has 7 nitrogen and oxygen atoms in total. The molecule has 0 aliphatic heterocycles. The first kappa shape index (κ1) is 16.4. The molecule has 1 saturated carbocycles. The Morgan fingerprint density at radius 2 is 2.12 bits per heavy atom. The number of aryl methyl sites for hydroxylation is 1. The van der Waals surface area contributed by atoms with Gasteiger partial charge in [-0.3, -0.25) is 4.98 Å². The van der Waals surface area contributed by atoms with E-state index in [2.05, 4.69) is 20.1 Å². The highest BCUT2D eigenvalue weighted by Gasteiger charge is 2.27. The number of nitrogen functional groups attached to an aromatic ring is 1. The standard InChI is InChI=1S/C18H18FN5O2/c1-10-23-16(26-24-10)9-25-18-12(11-3-2-4-11)5-6-13(17(18)19)14-7-22-15(20)8-21-14/h5-8,11H,2-4,9H2,1H3,(H2,20,22). The van der Waals surface area contributed by atoms with Gasteiger partial charge in [-0.15, -0.1) is 0 Å². The van der Waals surface area contributed by atoms with Crippen molar-refractivity contribution in [2.45, 2.75) is 38.7 Å². The summed E-state index contributed by atoms with van der Waals surface area (Å²) < 4.78 is 26.1. The molecule has 0 amide bonds. The Balaban J connectivity index is 1.70. The Labute approximate surface area is 149 Å². The van der Waals surface area contributed by atoms with Crippen molar-refractivity contribution in [1.29, 1.82) is 0 Å². The molecule has 2 N–H and O–H groups in total. The Bertz CT molecular complexity index is 922. The average molecular weight is 355 g/mol. The maximum absolute atomic E-state index is 15.3. The van der Waals surface area contributed by atoms with Gasteiger partial charge in [0.2, 0.25) is 0 Å². The summed E-state index contributed by atoms with van der Waals surface area (Å²) in [6.07, 6.45) is 6.03. The fourth-order valence-corrected chi connectivity index (χ4v) is 2.97. The molecular weight excluding hydrogens is 337 g/mol. The van der Waals surface area contributed by atoms with Crippen molar-refractivity contribution in [3.05, 3.63) is 47.6 Å². The van der Waals surface area contributed by atoms with Crippen molar-refractivity contribution in [3.63, 3.8) is 0 Å². The molecule has 0 radical (unpaired) electrons. The molecule has 1 fully saturated rings. The summed E-state index contributed by atoms with van der Waals surface area (Å²) in [5, 5.41) is 3.72. The molecule has 2 aromatic heterocycles. The number of benzene rings is 1. The van der Waals surface area contributed by atoms with Gasteiger partial charge in [0.15, 0.2) is 24.0 Å². The molecule has 0 saturated heterocycles. The lowest BCUT2D eigenvalue weighted by molar-refractivity contribution is 0.228. The zero-order valence-corrected chi connectivity index (χ0v) is 14.3. The summed E-state index contributed by atoms with van der Waals surface area (Å²) in [6.45, 7) is 1.72. The van der Waals surface area contributed by atoms with Crippen molar-refractivity contribution in [2.75, 3.05) is 5.73 Å². The number of aromatic nitrogens is 4. The van der Waals surface area contributed by atoms with Crippen LogP contribution in [-0.4, -0.2) is 20.1 Å². The van der Waals surface area contributed by atoms with Crippen molar-refractivity contribution in [2.24, 2.45) is 0 Å². The van der Waals surface area contributed by atoms with Crippen LogP contribution >= 0.6 is 0 Å². The molecule has 8 heteroatoms. The van der Waals surface area contributed by atoms with Crippen LogP contribution in [0.2, 0.25) is 0 Å². The van der Waals surface area contributed by atoms with Gasteiger partial charge >= 0.3 is 0 Å². The van der Waals surface area contributed by atoms with Gasteiger partial charge in [-0.2, -0.15) is 4.98 Å². The van der Waals surface area contributed by atoms with Crippen LogP contribution in [0.25, 0.3) is 11.3 Å². The van der Waals surface area contributed by atoms with Gasteiger partial charge in [0.25, 0.3) is 5.89 Å². The summed E-state index contributed by atoms with van der Waals surface area (Å²) in [5.41, 5.74) is 7.13. The summed E-state index contributed by atoms with van der Waals surface area (Å²) in [5.74, 6) is 1.14. The van der Waals surface area contributed by atoms with Gasteiger partial charge in [-0.05, 0) is 31.7 Å². The van der Waals surface area contributed by atoms with Gasteiger partial charge in [-0.1, -0.05) is 17.6 Å². The topological polar surface area (TPSA) is 100.0 Å². The van der Waals surface area contributed by atoms with Gasteiger partial charge < -0.3 is 15.0 Å². The maximum Gasteiger partial charge on any atom is 0.264 e. The minimum Gasteiger partial charge on any atom is -0.480 e. The number of ether oxygens (including phenoxy) is 1. The lowest BCUT2D eigenvalue weighted by atomic mass is 9.79. The first-order chi connectivity index (χ1) is 12.6. The van der Waals surface area contributed by atoms with Crippen LogP contribution in [0.4, 0.5) is 10.2 Å². The zero-order valence-electron chi connectivity index (χ0n) is 14.3. The molecule has 26 heavy (non-hydrogen) atoms. The SMILES string of the molecule is Cc1noc(COc2c(C3CCC3)ccc(-c3cnc(N)cn3)c2F)n1. The average Bonchev–Trinajstić information content (AvgIpc) is 2.99. The van der Waals surface area contributed by atoms with Crippen LogP contribution in [0.5, 0.6) is 5.75 Å². The number of nitrogens with zero attached hydrogens (tertiary/aromatic N) is 4. The summed E-state index contributed by atoms with van der Waals surface area (Å²) >= 11 is 0. The van der Waals surface area contributed by atoms with Crippen LogP contribution in [0.1, 0.15) is 42.5 Å². The maximum atomic E-state index is 15.3. The Kier molecular flexibility index (Phi) is 4.24. The van der Waals surface area contributed by atoms with Crippen LogP contribution in [0, 0.1) is 12.7 Å². The highest BCUT2D eigenvalue weighted by Crippen LogP contribution is 2.43. The van der Waals surface area contributed by atoms with Gasteiger partial charge in [0, 0.05) is 11.1 Å². The molecule has 2 heterocycles. The molecule has 1 aliphatic rings. The molecule has 1 aromatic carbocycles. The van der Waals surface area contributed by atoms with E-state index in [0.29, 0.717) is 28.9 Å². The minimum absolute atomic E-state index is 0.00828. The second kappa shape index (κ2) is 6.70. The summed E-state index contributed by atoms with van der Waals surface area (Å²) in [7, 11) is 0. The van der Waals surface area contributed by atoms with Gasteiger partial charge in [0.1, 0.15) is 5.82 Å². The highest BCUT2D eigenvalue weighted by molar-refractivity contribution is 5.64. The van der Waals surface area contributed by atoms with Crippen molar-refractivity contribution in [3.8, 4) is 17.0 Å². The molecule has 134 valence electrons. The molecule has 4 rings (SSSR count). The molecule has 3 aromatic rings. The van der Waals surface area contributed by atoms with E-state index in [-0.39, 0.29) is 18.2 Å². The van der Waals surface area contributed by atoms with Crippen LogP contribution in [0.15, 0.2) is 29.0 Å². The number of hydrogen-bond acceptors (Lipinski definition) is 7. The van der Waals surface area contributed by atoms with Crippen molar-refractivity contribution >= 4 is 5.82 Å². The van der Waals surface area contributed by atoms with Gasteiger partial charge in [-0.25, -0.2) is 9.37 Å². The third kappa shape index (κ3) is 3.10. The third-order valence-corrected chi connectivity index (χ3v) is 4.53. The zero-order chi connectivity index (χ0) is 18.1. The number of nitrogens with two attached hydrogens (primary N) is 1. The lowest BCUT2D eigenvalue weighted by Crippen LogP contribution is -2.12. The minimum atomic E-state index is -0.468. The molecule has 0 atom stereocenters. The quantitative estimate of drug-likeness (QED) is 0.748. The Morgan fingerprint density at radius 3 is 2.73 bits per heavy atom. The highest BCUT2D eigenvalue weighted by atomic mass is 19.1. The van der Waals surface area contributed by atoms with E-state index in [4.69, 9.17) is 15.0 Å². The molecule has 1 aliphatic carbocycles. The van der Waals surface area contributed by atoms with E-state index in [1.54, 1.807) is 13.0 Å². The first-order valence-electron chi connectivity index (χ1n) is 8.44. The molecule has 0 spiro atoms. The molecule has 0 bridgehead atoms. The third-order valence-electron chi connectivity index (χ3n) is 4.53. The van der Waals surface area contributed by atoms with Crippen LogP contribution < -0.4 is 10.5 Å². The lowest BCUT2D eigenvalue weighted by Gasteiger charge is -2.28. The van der Waals surface area contributed by atoms with E-state index in [0.717, 1.165) is 24.8 Å². The normalized spacial score (nSPS) is 14.2. The predicted molar refractivity (Wildman–Crippen MR) is 91.8 cm³/mol. The van der Waals surface area contributed by atoms with E-state index in [9.17, 15) is 0 Å². The first-order valence-corrected chi connectivity index (χ1v) is 8.44. The Morgan fingerprint density at radius 1 is 1.27 bits per heavy atom. The van der Waals surface area contributed by atoms with Crippen LogP contribution in [-0.2, 0) is 6.61 Å². The number of anilines is 1. The van der Waals surface area contributed by atoms with E-state index in [1.165, 1.54) is 12.4 Å². The van der Waals surface area contributed by atoms with Crippen LogP contribution in [0.3, 0.4) is 0 Å². The summed E-state index contributed by atoms with van der Waals surface area (Å²) in [4.78, 5) is 12.2. The second-order valence-corrected chi connectivity index (χ2v) is 6.32. The number of halogens is 1. The monoisotopic (exact) mass is 355 g/mol. The fourth-order valence-electron chi connectivity index (χ4n) is 2.97. The molecule has 0 unspecified atom stereocenters. The van der Waals surface area contributed by atoms with Crippen molar-refractivity contribution < 1.29 is 13.7 Å². The van der Waals surface area contributed by atoms with E-state index in [1.807, 2.05) is 6.07 Å². The van der Waals surface area contributed by atoms with E-state index < -0.39 is 5.82 Å². The molecular formula is C18H18FN5O2. The number of hydrogen-bond donors (Lipinski definition) is 1. The number of rotatable bonds is 5. The van der Waals surface area contributed by atoms with Crippen molar-refractivity contribution in [1.82, 2.24) is 20.1 Å². The summed E-state index contributed by atoms with van der Waals surface area (Å²) in [6, 6.07) is 3.61. The smallest absolute Gasteiger partial charge is 0.264 e. The predicted octanol–water partition coefficient (Wildman–Crippen LogP) is 3.40. The fraction of sp³-hybridized carbons (Fsp3) is 0.333. The Hall–Kier alpha value is -3.03. The second-order valence-electron chi connectivity index (χ2n) is 6.32. The van der Waals surface area contributed by atoms with Gasteiger partial charge in [0.05, 0.1) is 18.1 Å².